The van der Waals surface area contributed by atoms with E-state index in [1.54, 1.807) is 0 Å². The monoisotopic (exact) mass is 254 g/mol. The summed E-state index contributed by atoms with van der Waals surface area (Å²) in [5.74, 6) is 1.70. The molecule has 0 aromatic rings. The molecule has 4 unspecified atom stereocenters. The van der Waals surface area contributed by atoms with Crippen LogP contribution in [0, 0.1) is 11.8 Å². The Kier molecular flexibility index (Phi) is 5.67. The zero-order chi connectivity index (χ0) is 13.9. The van der Waals surface area contributed by atoms with Crippen LogP contribution in [0.1, 0.15) is 61.3 Å². The summed E-state index contributed by atoms with van der Waals surface area (Å²) >= 11 is 0. The topological polar surface area (TPSA) is 15.3 Å². The molecular weight excluding hydrogens is 220 g/mol. The smallest absolute Gasteiger partial charge is 0.00965 e. The standard InChI is InChI=1S/C16H34N2/c1-12-10-13(2)15(4)18(11-12)14(3)8-9-17-16(5,6)7/h12-15,17H,8-11H2,1-7H3. The third-order valence-electron chi connectivity index (χ3n) is 4.43. The quantitative estimate of drug-likeness (QED) is 0.826. The van der Waals surface area contributed by atoms with Gasteiger partial charge in [-0.05, 0) is 65.8 Å². The van der Waals surface area contributed by atoms with Crippen LogP contribution in [0.2, 0.25) is 0 Å². The lowest BCUT2D eigenvalue weighted by molar-refractivity contribution is 0.0431. The first-order valence-electron chi connectivity index (χ1n) is 7.71. The van der Waals surface area contributed by atoms with Gasteiger partial charge < -0.3 is 5.32 Å². The minimum atomic E-state index is 0.244. The predicted molar refractivity (Wildman–Crippen MR) is 80.9 cm³/mol. The maximum atomic E-state index is 3.60. The van der Waals surface area contributed by atoms with E-state index in [1.807, 2.05) is 0 Å². The summed E-state index contributed by atoms with van der Waals surface area (Å²) in [7, 11) is 0. The van der Waals surface area contributed by atoms with Crippen LogP contribution in [0.25, 0.3) is 0 Å². The fourth-order valence-electron chi connectivity index (χ4n) is 3.16. The molecule has 0 aromatic carbocycles. The molecular formula is C16H34N2. The molecule has 18 heavy (non-hydrogen) atoms. The highest BCUT2D eigenvalue weighted by Gasteiger charge is 2.31. The summed E-state index contributed by atoms with van der Waals surface area (Å²) in [6.45, 7) is 18.7. The second-order valence-corrected chi connectivity index (χ2v) is 7.57. The molecule has 1 fully saturated rings. The van der Waals surface area contributed by atoms with Crippen molar-refractivity contribution in [1.82, 2.24) is 10.2 Å². The Labute approximate surface area is 115 Å². The summed E-state index contributed by atoms with van der Waals surface area (Å²) in [4.78, 5) is 2.73. The molecule has 0 aromatic heterocycles. The van der Waals surface area contributed by atoms with E-state index in [9.17, 15) is 0 Å². The third kappa shape index (κ3) is 4.89. The highest BCUT2D eigenvalue weighted by atomic mass is 15.2. The van der Waals surface area contributed by atoms with Crippen LogP contribution in [-0.2, 0) is 0 Å². The van der Waals surface area contributed by atoms with Crippen molar-refractivity contribution in [3.05, 3.63) is 0 Å². The maximum absolute atomic E-state index is 3.60. The van der Waals surface area contributed by atoms with Crippen LogP contribution < -0.4 is 5.32 Å². The van der Waals surface area contributed by atoms with E-state index in [0.717, 1.165) is 24.4 Å². The zero-order valence-corrected chi connectivity index (χ0v) is 13.6. The van der Waals surface area contributed by atoms with Gasteiger partial charge in [0.25, 0.3) is 0 Å². The number of nitrogens with zero attached hydrogens (tertiary/aromatic N) is 1. The molecule has 1 aliphatic rings. The molecule has 1 rings (SSSR count). The van der Waals surface area contributed by atoms with Gasteiger partial charge in [-0.2, -0.15) is 0 Å². The molecule has 1 saturated heterocycles. The lowest BCUT2D eigenvalue weighted by Crippen LogP contribution is -2.51. The molecule has 1 N–H and O–H groups in total. The molecule has 4 atom stereocenters. The normalized spacial score (nSPS) is 32.5. The van der Waals surface area contributed by atoms with E-state index >= 15 is 0 Å². The van der Waals surface area contributed by atoms with Crippen molar-refractivity contribution in [3.8, 4) is 0 Å². The molecule has 1 aliphatic heterocycles. The Balaban J connectivity index is 2.42. The first-order valence-corrected chi connectivity index (χ1v) is 7.71. The SMILES string of the molecule is CC1CC(C)C(C)N(C(C)CCNC(C)(C)C)C1. The van der Waals surface area contributed by atoms with Crippen LogP contribution in [-0.4, -0.2) is 35.6 Å². The Morgan fingerprint density at radius 2 is 1.83 bits per heavy atom. The first kappa shape index (κ1) is 16.0. The van der Waals surface area contributed by atoms with Crippen molar-refractivity contribution >= 4 is 0 Å². The zero-order valence-electron chi connectivity index (χ0n) is 13.6. The predicted octanol–water partition coefficient (Wildman–Crippen LogP) is 3.52. The summed E-state index contributed by atoms with van der Waals surface area (Å²) < 4.78 is 0. The van der Waals surface area contributed by atoms with E-state index in [-0.39, 0.29) is 5.54 Å². The largest absolute Gasteiger partial charge is 0.312 e. The Bertz CT molecular complexity index is 244. The fourth-order valence-corrected chi connectivity index (χ4v) is 3.16. The van der Waals surface area contributed by atoms with Gasteiger partial charge in [-0.25, -0.2) is 0 Å². The fraction of sp³-hybridized carbons (Fsp3) is 1.00. The highest BCUT2D eigenvalue weighted by molar-refractivity contribution is 4.85. The van der Waals surface area contributed by atoms with Crippen LogP contribution in [0.5, 0.6) is 0 Å². The van der Waals surface area contributed by atoms with Gasteiger partial charge in [-0.1, -0.05) is 13.8 Å². The van der Waals surface area contributed by atoms with Gasteiger partial charge in [0.2, 0.25) is 0 Å². The van der Waals surface area contributed by atoms with Crippen LogP contribution >= 0.6 is 0 Å². The van der Waals surface area contributed by atoms with Crippen LogP contribution in [0.3, 0.4) is 0 Å². The molecule has 0 saturated carbocycles. The number of rotatable bonds is 4. The number of nitrogens with one attached hydrogen (secondary N) is 1. The lowest BCUT2D eigenvalue weighted by Gasteiger charge is -2.44. The summed E-state index contributed by atoms with van der Waals surface area (Å²) in [5.41, 5.74) is 0.244. The molecule has 108 valence electrons. The second-order valence-electron chi connectivity index (χ2n) is 7.57. The summed E-state index contributed by atoms with van der Waals surface area (Å²) in [6.07, 6.45) is 2.64. The van der Waals surface area contributed by atoms with Crippen molar-refractivity contribution in [2.45, 2.75) is 78.9 Å². The maximum Gasteiger partial charge on any atom is 0.00965 e. The van der Waals surface area contributed by atoms with E-state index in [0.29, 0.717) is 6.04 Å². The Hall–Kier alpha value is -0.0800. The van der Waals surface area contributed by atoms with Crippen molar-refractivity contribution in [2.75, 3.05) is 13.1 Å². The van der Waals surface area contributed by atoms with E-state index in [4.69, 9.17) is 0 Å². The van der Waals surface area contributed by atoms with E-state index in [2.05, 4.69) is 58.7 Å². The molecule has 2 nitrogen and oxygen atoms in total. The number of hydrogen-bond acceptors (Lipinski definition) is 2. The molecule has 0 amide bonds. The third-order valence-corrected chi connectivity index (χ3v) is 4.43. The van der Waals surface area contributed by atoms with Crippen LogP contribution in [0.15, 0.2) is 0 Å². The highest BCUT2D eigenvalue weighted by Crippen LogP contribution is 2.29. The number of piperidine rings is 1. The number of likely N-dealkylation sites (tertiary alicyclic amines) is 1. The van der Waals surface area contributed by atoms with Crippen molar-refractivity contribution in [2.24, 2.45) is 11.8 Å². The van der Waals surface area contributed by atoms with Gasteiger partial charge in [0.1, 0.15) is 0 Å². The van der Waals surface area contributed by atoms with Gasteiger partial charge in [0, 0.05) is 24.2 Å². The van der Waals surface area contributed by atoms with E-state index < -0.39 is 0 Å². The molecule has 2 heteroatoms. The summed E-state index contributed by atoms with van der Waals surface area (Å²) in [5, 5.41) is 3.60. The number of hydrogen-bond donors (Lipinski definition) is 1. The molecule has 0 spiro atoms. The van der Waals surface area contributed by atoms with Gasteiger partial charge >= 0.3 is 0 Å². The van der Waals surface area contributed by atoms with Gasteiger partial charge in [0.15, 0.2) is 0 Å². The second kappa shape index (κ2) is 6.38. The van der Waals surface area contributed by atoms with Crippen molar-refractivity contribution in [3.63, 3.8) is 0 Å². The Morgan fingerprint density at radius 1 is 1.22 bits per heavy atom. The van der Waals surface area contributed by atoms with Crippen LogP contribution in [0.4, 0.5) is 0 Å². The van der Waals surface area contributed by atoms with Gasteiger partial charge in [-0.15, -0.1) is 0 Å². The van der Waals surface area contributed by atoms with E-state index in [1.165, 1.54) is 19.4 Å². The Morgan fingerprint density at radius 3 is 2.39 bits per heavy atom. The first-order chi connectivity index (χ1) is 8.20. The lowest BCUT2D eigenvalue weighted by atomic mass is 9.85. The average Bonchev–Trinajstić information content (AvgIpc) is 2.21. The van der Waals surface area contributed by atoms with Gasteiger partial charge in [-0.3, -0.25) is 4.90 Å². The van der Waals surface area contributed by atoms with Crippen molar-refractivity contribution < 1.29 is 0 Å². The molecule has 0 aliphatic carbocycles. The average molecular weight is 254 g/mol. The minimum Gasteiger partial charge on any atom is -0.312 e. The van der Waals surface area contributed by atoms with Crippen molar-refractivity contribution in [1.29, 1.82) is 0 Å². The molecule has 0 bridgehead atoms. The molecule has 0 radical (unpaired) electrons. The minimum absolute atomic E-state index is 0.244. The summed E-state index contributed by atoms with van der Waals surface area (Å²) in [6, 6.07) is 1.44. The van der Waals surface area contributed by atoms with Gasteiger partial charge in [0.05, 0.1) is 0 Å². The molecule has 1 heterocycles.